The van der Waals surface area contributed by atoms with Gasteiger partial charge in [-0.2, -0.15) is 13.2 Å². The smallest absolute Gasteiger partial charge is 0.417 e. The summed E-state index contributed by atoms with van der Waals surface area (Å²) in [5, 5.41) is 5.33. The summed E-state index contributed by atoms with van der Waals surface area (Å²) in [4.78, 5) is 7.99. The van der Waals surface area contributed by atoms with E-state index in [1.807, 2.05) is 0 Å². The zero-order chi connectivity index (χ0) is 18.7. The number of rotatable bonds is 5. The van der Waals surface area contributed by atoms with E-state index in [1.54, 1.807) is 12.1 Å². The Hall–Kier alpha value is -2.94. The van der Waals surface area contributed by atoms with Crippen LogP contribution in [0.1, 0.15) is 11.3 Å². The van der Waals surface area contributed by atoms with Gasteiger partial charge in [0, 0.05) is 5.69 Å². The van der Waals surface area contributed by atoms with Crippen molar-refractivity contribution in [2.45, 2.75) is 12.7 Å². The second-order valence-corrected chi connectivity index (χ2v) is 5.64. The lowest BCUT2D eigenvalue weighted by Gasteiger charge is -2.14. The second kappa shape index (κ2) is 7.12. The van der Waals surface area contributed by atoms with Crippen molar-refractivity contribution in [1.29, 1.82) is 0 Å². The number of nitrogens with one attached hydrogen (secondary N) is 2. The minimum absolute atomic E-state index is 0.143. The summed E-state index contributed by atoms with van der Waals surface area (Å²) < 4.78 is 44.1. The maximum absolute atomic E-state index is 13.0. The van der Waals surface area contributed by atoms with Gasteiger partial charge in [0.15, 0.2) is 11.6 Å². The molecule has 4 N–H and O–H groups in total. The monoisotopic (exact) mass is 383 g/mol. The first kappa shape index (κ1) is 17.9. The van der Waals surface area contributed by atoms with Crippen molar-refractivity contribution in [3.8, 4) is 0 Å². The number of benzene rings is 1. The number of hydrogen-bond donors (Lipinski definition) is 3. The van der Waals surface area contributed by atoms with Gasteiger partial charge in [0.1, 0.15) is 17.8 Å². The molecule has 6 nitrogen and oxygen atoms in total. The van der Waals surface area contributed by atoms with Crippen LogP contribution in [0.15, 0.2) is 47.3 Å². The molecule has 26 heavy (non-hydrogen) atoms. The number of nitrogen functional groups attached to an aromatic ring is 1. The Morgan fingerprint density at radius 3 is 2.62 bits per heavy atom. The lowest BCUT2D eigenvalue weighted by Crippen LogP contribution is -2.09. The van der Waals surface area contributed by atoms with Crippen LogP contribution in [0, 0.1) is 0 Å². The molecular formula is C16H13ClF3N5O. The van der Waals surface area contributed by atoms with Gasteiger partial charge >= 0.3 is 6.18 Å². The van der Waals surface area contributed by atoms with Gasteiger partial charge in [0.05, 0.1) is 23.4 Å². The SMILES string of the molecule is Nc1c(NCc2ccco2)ncnc1Nc1ccc(Cl)c(C(F)(F)F)c1. The third-order valence-electron chi connectivity index (χ3n) is 3.43. The number of nitrogens with zero attached hydrogens (tertiary/aromatic N) is 2. The minimum Gasteiger partial charge on any atom is -0.467 e. The molecule has 136 valence electrons. The summed E-state index contributed by atoms with van der Waals surface area (Å²) in [5.74, 6) is 1.16. The zero-order valence-corrected chi connectivity index (χ0v) is 13.9. The molecule has 0 saturated heterocycles. The second-order valence-electron chi connectivity index (χ2n) is 5.23. The summed E-state index contributed by atoms with van der Waals surface area (Å²) in [6.07, 6.45) is -1.79. The number of halogens is 4. The first-order valence-electron chi connectivity index (χ1n) is 7.35. The zero-order valence-electron chi connectivity index (χ0n) is 13.1. The maximum atomic E-state index is 13.0. The van der Waals surface area contributed by atoms with Gasteiger partial charge in [-0.25, -0.2) is 9.97 Å². The standard InChI is InChI=1S/C16H13ClF3N5O/c17-12-4-3-9(6-11(12)16(18,19)20)25-15-13(21)14(23-8-24-15)22-7-10-2-1-5-26-10/h1-6,8H,7,21H2,(H2,22,23,24,25). The fourth-order valence-electron chi connectivity index (χ4n) is 2.18. The summed E-state index contributed by atoms with van der Waals surface area (Å²) >= 11 is 5.61. The number of alkyl halides is 3. The highest BCUT2D eigenvalue weighted by Crippen LogP contribution is 2.37. The Labute approximate surface area is 151 Å². The number of hydrogen-bond acceptors (Lipinski definition) is 6. The third kappa shape index (κ3) is 3.99. The van der Waals surface area contributed by atoms with Crippen LogP contribution in [0.4, 0.5) is 36.2 Å². The predicted octanol–water partition coefficient (Wildman–Crippen LogP) is 4.68. The van der Waals surface area contributed by atoms with E-state index in [0.717, 1.165) is 12.1 Å². The number of furan rings is 1. The third-order valence-corrected chi connectivity index (χ3v) is 3.76. The Bertz CT molecular complexity index is 899. The fraction of sp³-hybridized carbons (Fsp3) is 0.125. The van der Waals surface area contributed by atoms with Crippen molar-refractivity contribution in [2.75, 3.05) is 16.4 Å². The van der Waals surface area contributed by atoms with E-state index in [0.29, 0.717) is 18.1 Å². The van der Waals surface area contributed by atoms with Gasteiger partial charge in [0.2, 0.25) is 0 Å². The highest BCUT2D eigenvalue weighted by molar-refractivity contribution is 6.31. The van der Waals surface area contributed by atoms with Crippen molar-refractivity contribution in [1.82, 2.24) is 9.97 Å². The van der Waals surface area contributed by atoms with Crippen LogP contribution in [0.2, 0.25) is 5.02 Å². The Morgan fingerprint density at radius 2 is 1.92 bits per heavy atom. The first-order chi connectivity index (χ1) is 12.3. The van der Waals surface area contributed by atoms with Crippen LogP contribution in [-0.4, -0.2) is 9.97 Å². The van der Waals surface area contributed by atoms with E-state index < -0.39 is 11.7 Å². The van der Waals surface area contributed by atoms with Crippen LogP contribution < -0.4 is 16.4 Å². The molecular weight excluding hydrogens is 371 g/mol. The summed E-state index contributed by atoms with van der Waals surface area (Å²) in [5.41, 5.74) is 5.34. The molecule has 0 amide bonds. The molecule has 0 fully saturated rings. The Morgan fingerprint density at radius 1 is 1.15 bits per heavy atom. The van der Waals surface area contributed by atoms with E-state index in [4.69, 9.17) is 21.8 Å². The molecule has 0 bridgehead atoms. The molecule has 0 aliphatic heterocycles. The van der Waals surface area contributed by atoms with Crippen LogP contribution in [0.25, 0.3) is 0 Å². The highest BCUT2D eigenvalue weighted by atomic mass is 35.5. The minimum atomic E-state index is -4.57. The molecule has 0 atom stereocenters. The average molecular weight is 384 g/mol. The lowest BCUT2D eigenvalue weighted by atomic mass is 10.2. The molecule has 0 aliphatic rings. The number of aromatic nitrogens is 2. The molecule has 0 radical (unpaired) electrons. The van der Waals surface area contributed by atoms with Gasteiger partial charge < -0.3 is 20.8 Å². The molecule has 3 aromatic rings. The van der Waals surface area contributed by atoms with Crippen LogP contribution in [0.5, 0.6) is 0 Å². The van der Waals surface area contributed by atoms with Gasteiger partial charge in [-0.1, -0.05) is 11.6 Å². The molecule has 2 aromatic heterocycles. The van der Waals surface area contributed by atoms with Crippen LogP contribution in [0.3, 0.4) is 0 Å². The van der Waals surface area contributed by atoms with Crippen LogP contribution >= 0.6 is 11.6 Å². The van der Waals surface area contributed by atoms with E-state index in [-0.39, 0.29) is 22.2 Å². The van der Waals surface area contributed by atoms with E-state index in [1.165, 1.54) is 18.7 Å². The van der Waals surface area contributed by atoms with Crippen molar-refractivity contribution in [3.63, 3.8) is 0 Å². The van der Waals surface area contributed by atoms with E-state index in [9.17, 15) is 13.2 Å². The molecule has 10 heteroatoms. The molecule has 0 saturated carbocycles. The van der Waals surface area contributed by atoms with Crippen molar-refractivity contribution < 1.29 is 17.6 Å². The fourth-order valence-corrected chi connectivity index (χ4v) is 2.40. The molecule has 0 aliphatic carbocycles. The van der Waals surface area contributed by atoms with Crippen LogP contribution in [-0.2, 0) is 12.7 Å². The van der Waals surface area contributed by atoms with Gasteiger partial charge in [-0.05, 0) is 30.3 Å². The molecule has 0 unspecified atom stereocenters. The lowest BCUT2D eigenvalue weighted by molar-refractivity contribution is -0.137. The Kier molecular flexibility index (Phi) is 4.90. The highest BCUT2D eigenvalue weighted by Gasteiger charge is 2.33. The van der Waals surface area contributed by atoms with Gasteiger partial charge in [0.25, 0.3) is 0 Å². The number of anilines is 4. The van der Waals surface area contributed by atoms with Crippen molar-refractivity contribution in [3.05, 3.63) is 59.3 Å². The Balaban J connectivity index is 1.81. The molecule has 2 heterocycles. The summed E-state index contributed by atoms with van der Waals surface area (Å²) in [7, 11) is 0. The van der Waals surface area contributed by atoms with Crippen molar-refractivity contribution in [2.24, 2.45) is 0 Å². The van der Waals surface area contributed by atoms with Gasteiger partial charge in [-0.3, -0.25) is 0 Å². The maximum Gasteiger partial charge on any atom is 0.417 e. The van der Waals surface area contributed by atoms with E-state index in [2.05, 4.69) is 20.6 Å². The quantitative estimate of drug-likeness (QED) is 0.592. The largest absolute Gasteiger partial charge is 0.467 e. The molecule has 0 spiro atoms. The summed E-state index contributed by atoms with van der Waals surface area (Å²) in [6.45, 7) is 0.340. The number of nitrogens with two attached hydrogens (primary N) is 1. The molecule has 3 rings (SSSR count). The van der Waals surface area contributed by atoms with E-state index >= 15 is 0 Å². The predicted molar refractivity (Wildman–Crippen MR) is 92.2 cm³/mol. The topological polar surface area (TPSA) is 89.0 Å². The van der Waals surface area contributed by atoms with Gasteiger partial charge in [-0.15, -0.1) is 0 Å². The molecule has 1 aromatic carbocycles. The first-order valence-corrected chi connectivity index (χ1v) is 7.73. The average Bonchev–Trinajstić information content (AvgIpc) is 3.10. The van der Waals surface area contributed by atoms with Crippen molar-refractivity contribution >= 4 is 34.6 Å². The summed E-state index contributed by atoms with van der Waals surface area (Å²) in [6, 6.07) is 6.96. The normalized spacial score (nSPS) is 11.4.